The SMILES string of the molecule is Cc1c(N)cccc1NC(=O)CCN(CCO)CC(F)F. The smallest absolute Gasteiger partial charge is 0.251 e. The van der Waals surface area contributed by atoms with Gasteiger partial charge in [-0.3, -0.25) is 9.69 Å². The quantitative estimate of drug-likeness (QED) is 0.635. The largest absolute Gasteiger partial charge is 0.398 e. The van der Waals surface area contributed by atoms with Crippen LogP contribution in [0.2, 0.25) is 0 Å². The third-order valence-corrected chi connectivity index (χ3v) is 3.12. The molecule has 0 bridgehead atoms. The summed E-state index contributed by atoms with van der Waals surface area (Å²) in [6.45, 7) is 1.40. The van der Waals surface area contributed by atoms with E-state index in [4.69, 9.17) is 10.8 Å². The molecule has 0 aliphatic heterocycles. The topological polar surface area (TPSA) is 78.6 Å². The van der Waals surface area contributed by atoms with Gasteiger partial charge >= 0.3 is 0 Å². The monoisotopic (exact) mass is 301 g/mol. The van der Waals surface area contributed by atoms with E-state index in [2.05, 4.69) is 5.32 Å². The Morgan fingerprint density at radius 1 is 1.43 bits per heavy atom. The molecule has 1 aromatic carbocycles. The van der Waals surface area contributed by atoms with E-state index in [1.807, 2.05) is 0 Å². The van der Waals surface area contributed by atoms with E-state index >= 15 is 0 Å². The van der Waals surface area contributed by atoms with Crippen molar-refractivity contribution >= 4 is 17.3 Å². The molecule has 118 valence electrons. The van der Waals surface area contributed by atoms with Crippen molar-refractivity contribution in [1.29, 1.82) is 0 Å². The van der Waals surface area contributed by atoms with Gasteiger partial charge in [0.2, 0.25) is 5.91 Å². The van der Waals surface area contributed by atoms with Crippen LogP contribution >= 0.6 is 0 Å². The number of nitrogens with zero attached hydrogens (tertiary/aromatic N) is 1. The summed E-state index contributed by atoms with van der Waals surface area (Å²) in [5, 5.41) is 11.5. The van der Waals surface area contributed by atoms with Crippen molar-refractivity contribution in [3.63, 3.8) is 0 Å². The van der Waals surface area contributed by atoms with Crippen LogP contribution in [-0.2, 0) is 4.79 Å². The van der Waals surface area contributed by atoms with E-state index in [0.717, 1.165) is 5.56 Å². The molecule has 0 heterocycles. The van der Waals surface area contributed by atoms with Gasteiger partial charge in [0.15, 0.2) is 0 Å². The van der Waals surface area contributed by atoms with Crippen molar-refractivity contribution in [2.45, 2.75) is 19.8 Å². The number of carbonyl (C=O) groups is 1. The highest BCUT2D eigenvalue weighted by Gasteiger charge is 2.13. The Hall–Kier alpha value is -1.73. The molecule has 1 rings (SSSR count). The first-order valence-corrected chi connectivity index (χ1v) is 6.70. The Labute approximate surface area is 122 Å². The number of nitrogen functional groups attached to an aromatic ring is 1. The van der Waals surface area contributed by atoms with Crippen LogP contribution in [0.4, 0.5) is 20.2 Å². The number of amides is 1. The van der Waals surface area contributed by atoms with Gasteiger partial charge in [0, 0.05) is 30.9 Å². The standard InChI is InChI=1S/C14H21F2N3O2/c1-10-11(17)3-2-4-12(10)18-14(21)5-6-19(7-8-20)9-13(15)16/h2-4,13,20H,5-9,17H2,1H3,(H,18,21). The van der Waals surface area contributed by atoms with E-state index in [1.54, 1.807) is 25.1 Å². The number of anilines is 2. The first kappa shape index (κ1) is 17.3. The lowest BCUT2D eigenvalue weighted by molar-refractivity contribution is -0.116. The highest BCUT2D eigenvalue weighted by Crippen LogP contribution is 2.20. The molecule has 7 heteroatoms. The summed E-state index contributed by atoms with van der Waals surface area (Å²) >= 11 is 0. The molecule has 0 unspecified atom stereocenters. The Balaban J connectivity index is 2.50. The van der Waals surface area contributed by atoms with Gasteiger partial charge in [-0.05, 0) is 24.6 Å². The number of aliphatic hydroxyl groups excluding tert-OH is 1. The zero-order valence-electron chi connectivity index (χ0n) is 12.0. The molecular formula is C14H21F2N3O2. The molecule has 4 N–H and O–H groups in total. The van der Waals surface area contributed by atoms with Crippen LogP contribution in [0, 0.1) is 6.92 Å². The van der Waals surface area contributed by atoms with Crippen LogP contribution in [0.5, 0.6) is 0 Å². The molecule has 0 aliphatic carbocycles. The maximum atomic E-state index is 12.3. The van der Waals surface area contributed by atoms with Crippen molar-refractivity contribution in [1.82, 2.24) is 4.90 Å². The number of hydrogen-bond acceptors (Lipinski definition) is 4. The minimum absolute atomic E-state index is 0.0704. The molecule has 1 aromatic rings. The van der Waals surface area contributed by atoms with Gasteiger partial charge in [0.1, 0.15) is 0 Å². The zero-order chi connectivity index (χ0) is 15.8. The van der Waals surface area contributed by atoms with Crippen LogP contribution in [0.15, 0.2) is 18.2 Å². The van der Waals surface area contributed by atoms with Crippen molar-refractivity contribution in [3.05, 3.63) is 23.8 Å². The number of aliphatic hydroxyl groups is 1. The minimum Gasteiger partial charge on any atom is -0.398 e. The fraction of sp³-hybridized carbons (Fsp3) is 0.500. The van der Waals surface area contributed by atoms with Crippen molar-refractivity contribution in [2.24, 2.45) is 0 Å². The van der Waals surface area contributed by atoms with Gasteiger partial charge in [0.25, 0.3) is 6.43 Å². The average Bonchev–Trinajstić information content (AvgIpc) is 2.41. The van der Waals surface area contributed by atoms with Gasteiger partial charge < -0.3 is 16.2 Å². The number of nitrogens with two attached hydrogens (primary N) is 1. The van der Waals surface area contributed by atoms with Crippen LogP contribution in [0.1, 0.15) is 12.0 Å². The maximum absolute atomic E-state index is 12.3. The number of nitrogens with one attached hydrogen (secondary N) is 1. The summed E-state index contributed by atoms with van der Waals surface area (Å²) in [6, 6.07) is 5.19. The molecule has 1 amide bonds. The summed E-state index contributed by atoms with van der Waals surface area (Å²) in [5.41, 5.74) is 7.70. The van der Waals surface area contributed by atoms with Gasteiger partial charge in [0.05, 0.1) is 13.2 Å². The molecule has 0 saturated heterocycles. The number of carbonyl (C=O) groups excluding carboxylic acids is 1. The van der Waals surface area contributed by atoms with Gasteiger partial charge in [-0.1, -0.05) is 6.07 Å². The van der Waals surface area contributed by atoms with E-state index in [-0.39, 0.29) is 32.0 Å². The summed E-state index contributed by atoms with van der Waals surface area (Å²) in [5.74, 6) is -0.277. The predicted molar refractivity (Wildman–Crippen MR) is 78.4 cm³/mol. The molecule has 21 heavy (non-hydrogen) atoms. The fourth-order valence-electron chi connectivity index (χ4n) is 1.89. The summed E-state index contributed by atoms with van der Waals surface area (Å²) in [4.78, 5) is 13.2. The molecule has 0 atom stereocenters. The van der Waals surface area contributed by atoms with E-state index in [1.165, 1.54) is 4.90 Å². The number of rotatable bonds is 8. The van der Waals surface area contributed by atoms with Gasteiger partial charge in [-0.2, -0.15) is 0 Å². The third-order valence-electron chi connectivity index (χ3n) is 3.12. The van der Waals surface area contributed by atoms with E-state index < -0.39 is 13.0 Å². The Morgan fingerprint density at radius 2 is 2.14 bits per heavy atom. The highest BCUT2D eigenvalue weighted by molar-refractivity contribution is 5.92. The van der Waals surface area contributed by atoms with Crippen LogP contribution in [0.3, 0.4) is 0 Å². The van der Waals surface area contributed by atoms with Crippen LogP contribution in [0.25, 0.3) is 0 Å². The zero-order valence-corrected chi connectivity index (χ0v) is 12.0. The van der Waals surface area contributed by atoms with Gasteiger partial charge in [-0.25, -0.2) is 8.78 Å². The summed E-state index contributed by atoms with van der Waals surface area (Å²) in [7, 11) is 0. The third kappa shape index (κ3) is 6.05. The maximum Gasteiger partial charge on any atom is 0.251 e. The highest BCUT2D eigenvalue weighted by atomic mass is 19.3. The number of hydrogen-bond donors (Lipinski definition) is 3. The molecule has 0 spiro atoms. The van der Waals surface area contributed by atoms with Crippen molar-refractivity contribution < 1.29 is 18.7 Å². The van der Waals surface area contributed by atoms with Crippen LogP contribution < -0.4 is 11.1 Å². The van der Waals surface area contributed by atoms with Crippen LogP contribution in [-0.4, -0.2) is 48.6 Å². The van der Waals surface area contributed by atoms with E-state index in [0.29, 0.717) is 11.4 Å². The van der Waals surface area contributed by atoms with Crippen molar-refractivity contribution in [3.8, 4) is 0 Å². The fourth-order valence-corrected chi connectivity index (χ4v) is 1.89. The second kappa shape index (κ2) is 8.53. The number of alkyl halides is 2. The summed E-state index contributed by atoms with van der Waals surface area (Å²) in [6.07, 6.45) is -2.42. The Morgan fingerprint density at radius 3 is 2.76 bits per heavy atom. The number of benzene rings is 1. The average molecular weight is 301 g/mol. The molecule has 0 aromatic heterocycles. The Kier molecular flexibility index (Phi) is 7.04. The lowest BCUT2D eigenvalue weighted by atomic mass is 10.1. The number of halogens is 2. The van der Waals surface area contributed by atoms with Crippen molar-refractivity contribution in [2.75, 3.05) is 37.3 Å². The lowest BCUT2D eigenvalue weighted by Gasteiger charge is -2.20. The van der Waals surface area contributed by atoms with E-state index in [9.17, 15) is 13.6 Å². The normalized spacial score (nSPS) is 11.1. The van der Waals surface area contributed by atoms with Gasteiger partial charge in [-0.15, -0.1) is 0 Å². The Bertz CT molecular complexity index is 470. The molecule has 0 radical (unpaired) electrons. The minimum atomic E-state index is -2.49. The second-order valence-electron chi connectivity index (χ2n) is 4.73. The molecular weight excluding hydrogens is 280 g/mol. The molecule has 0 aliphatic rings. The first-order chi connectivity index (χ1) is 9.93. The molecule has 5 nitrogen and oxygen atoms in total. The molecule has 0 saturated carbocycles. The summed E-state index contributed by atoms with van der Waals surface area (Å²) < 4.78 is 24.7. The molecule has 0 fully saturated rings. The lowest BCUT2D eigenvalue weighted by Crippen LogP contribution is -2.34. The predicted octanol–water partition coefficient (Wildman–Crippen LogP) is 1.47. The second-order valence-corrected chi connectivity index (χ2v) is 4.73. The first-order valence-electron chi connectivity index (χ1n) is 6.70.